The molecule has 0 saturated heterocycles. The fourth-order valence-electron chi connectivity index (χ4n) is 2.81. The molecular weight excluding hydrogens is 232 g/mol. The highest BCUT2D eigenvalue weighted by Gasteiger charge is 2.22. The van der Waals surface area contributed by atoms with Gasteiger partial charge in [0.25, 0.3) is 0 Å². The molecule has 3 heteroatoms. The SMILES string of the molecule is CC1CCC(CNC(C)c2cc(F)ccc2F)C1. The summed E-state index contributed by atoms with van der Waals surface area (Å²) in [4.78, 5) is 0. The highest BCUT2D eigenvalue weighted by atomic mass is 19.1. The number of benzene rings is 1. The van der Waals surface area contributed by atoms with Gasteiger partial charge in [0.2, 0.25) is 0 Å². The van der Waals surface area contributed by atoms with Gasteiger partial charge in [-0.25, -0.2) is 8.78 Å². The van der Waals surface area contributed by atoms with E-state index in [1.165, 1.54) is 31.4 Å². The van der Waals surface area contributed by atoms with E-state index in [2.05, 4.69) is 12.2 Å². The number of rotatable bonds is 4. The van der Waals surface area contributed by atoms with Gasteiger partial charge >= 0.3 is 0 Å². The van der Waals surface area contributed by atoms with Crippen molar-refractivity contribution in [2.45, 2.75) is 39.2 Å². The van der Waals surface area contributed by atoms with Crippen molar-refractivity contribution in [3.05, 3.63) is 35.4 Å². The minimum Gasteiger partial charge on any atom is -0.310 e. The summed E-state index contributed by atoms with van der Waals surface area (Å²) in [6.45, 7) is 5.05. The molecule has 1 saturated carbocycles. The van der Waals surface area contributed by atoms with Crippen molar-refractivity contribution in [1.29, 1.82) is 0 Å². The van der Waals surface area contributed by atoms with Crippen LogP contribution in [0.3, 0.4) is 0 Å². The van der Waals surface area contributed by atoms with Crippen LogP contribution in [0.5, 0.6) is 0 Å². The Kier molecular flexibility index (Phi) is 4.33. The molecule has 3 unspecified atom stereocenters. The average molecular weight is 253 g/mol. The molecule has 0 amide bonds. The quantitative estimate of drug-likeness (QED) is 0.853. The van der Waals surface area contributed by atoms with E-state index in [1.807, 2.05) is 6.92 Å². The molecule has 0 bridgehead atoms. The monoisotopic (exact) mass is 253 g/mol. The minimum atomic E-state index is -0.380. The van der Waals surface area contributed by atoms with E-state index in [1.54, 1.807) is 0 Å². The molecular formula is C15H21F2N. The molecule has 0 radical (unpaired) electrons. The molecule has 2 rings (SSSR count). The topological polar surface area (TPSA) is 12.0 Å². The second kappa shape index (κ2) is 5.79. The van der Waals surface area contributed by atoms with Gasteiger partial charge in [-0.1, -0.05) is 13.3 Å². The van der Waals surface area contributed by atoms with E-state index in [0.717, 1.165) is 18.5 Å². The lowest BCUT2D eigenvalue weighted by Gasteiger charge is -2.18. The van der Waals surface area contributed by atoms with Crippen molar-refractivity contribution in [1.82, 2.24) is 5.32 Å². The van der Waals surface area contributed by atoms with Crippen molar-refractivity contribution >= 4 is 0 Å². The maximum atomic E-state index is 13.6. The van der Waals surface area contributed by atoms with E-state index >= 15 is 0 Å². The number of hydrogen-bond acceptors (Lipinski definition) is 1. The van der Waals surface area contributed by atoms with E-state index in [0.29, 0.717) is 11.5 Å². The van der Waals surface area contributed by atoms with Crippen LogP contribution >= 0.6 is 0 Å². The van der Waals surface area contributed by atoms with Gasteiger partial charge < -0.3 is 5.32 Å². The zero-order valence-electron chi connectivity index (χ0n) is 11.0. The second-order valence-electron chi connectivity index (χ2n) is 5.58. The Balaban J connectivity index is 1.91. The Morgan fingerprint density at radius 3 is 2.78 bits per heavy atom. The molecule has 100 valence electrons. The lowest BCUT2D eigenvalue weighted by atomic mass is 10.0. The molecule has 1 nitrogen and oxygen atoms in total. The van der Waals surface area contributed by atoms with Gasteiger partial charge in [0, 0.05) is 11.6 Å². The van der Waals surface area contributed by atoms with Crippen molar-refractivity contribution in [2.75, 3.05) is 6.54 Å². The molecule has 1 N–H and O–H groups in total. The van der Waals surface area contributed by atoms with Gasteiger partial charge in [0.15, 0.2) is 0 Å². The first-order chi connectivity index (χ1) is 8.56. The molecule has 1 aliphatic carbocycles. The summed E-state index contributed by atoms with van der Waals surface area (Å²) < 4.78 is 26.7. The van der Waals surface area contributed by atoms with Crippen molar-refractivity contribution < 1.29 is 8.78 Å². The Hall–Kier alpha value is -0.960. The van der Waals surface area contributed by atoms with Crippen LogP contribution in [-0.4, -0.2) is 6.54 Å². The lowest BCUT2D eigenvalue weighted by Crippen LogP contribution is -2.25. The fourth-order valence-corrected chi connectivity index (χ4v) is 2.81. The van der Waals surface area contributed by atoms with Crippen LogP contribution in [0.25, 0.3) is 0 Å². The van der Waals surface area contributed by atoms with Gasteiger partial charge in [-0.15, -0.1) is 0 Å². The third-order valence-corrected chi connectivity index (χ3v) is 3.94. The first kappa shape index (κ1) is 13.5. The third kappa shape index (κ3) is 3.29. The molecule has 3 atom stereocenters. The highest BCUT2D eigenvalue weighted by Crippen LogP contribution is 2.30. The minimum absolute atomic E-state index is 0.142. The summed E-state index contributed by atoms with van der Waals surface area (Å²) in [7, 11) is 0. The summed E-state index contributed by atoms with van der Waals surface area (Å²) in [6.07, 6.45) is 3.77. The van der Waals surface area contributed by atoms with Crippen LogP contribution in [0.15, 0.2) is 18.2 Å². The molecule has 1 aliphatic rings. The zero-order chi connectivity index (χ0) is 13.1. The first-order valence-corrected chi connectivity index (χ1v) is 6.74. The van der Waals surface area contributed by atoms with Crippen molar-refractivity contribution in [2.24, 2.45) is 11.8 Å². The van der Waals surface area contributed by atoms with Crippen LogP contribution in [0.2, 0.25) is 0 Å². The smallest absolute Gasteiger partial charge is 0.128 e. The van der Waals surface area contributed by atoms with Gasteiger partial charge in [0.05, 0.1) is 0 Å². The molecule has 0 heterocycles. The standard InChI is InChI=1S/C15H21F2N/c1-10-3-4-12(7-10)9-18-11(2)14-8-13(16)5-6-15(14)17/h5-6,8,10-12,18H,3-4,7,9H2,1-2H3. The molecule has 0 aromatic heterocycles. The van der Waals surface area contributed by atoms with Gasteiger partial charge in [0.1, 0.15) is 11.6 Å². The maximum absolute atomic E-state index is 13.6. The van der Waals surface area contributed by atoms with Crippen LogP contribution < -0.4 is 5.32 Å². The maximum Gasteiger partial charge on any atom is 0.128 e. The largest absolute Gasteiger partial charge is 0.310 e. The van der Waals surface area contributed by atoms with E-state index in [9.17, 15) is 8.78 Å². The number of nitrogens with one attached hydrogen (secondary N) is 1. The predicted octanol–water partition coefficient (Wildman–Crippen LogP) is 4.05. The molecule has 1 aromatic rings. The highest BCUT2D eigenvalue weighted by molar-refractivity contribution is 5.21. The first-order valence-electron chi connectivity index (χ1n) is 6.74. The van der Waals surface area contributed by atoms with Gasteiger partial charge in [-0.3, -0.25) is 0 Å². The lowest BCUT2D eigenvalue weighted by molar-refractivity contribution is 0.431. The Bertz CT molecular complexity index is 405. The van der Waals surface area contributed by atoms with E-state index in [-0.39, 0.29) is 17.7 Å². The number of hydrogen-bond donors (Lipinski definition) is 1. The third-order valence-electron chi connectivity index (χ3n) is 3.94. The van der Waals surface area contributed by atoms with Crippen LogP contribution in [-0.2, 0) is 0 Å². The zero-order valence-corrected chi connectivity index (χ0v) is 11.0. The van der Waals surface area contributed by atoms with E-state index < -0.39 is 0 Å². The normalized spacial score (nSPS) is 25.3. The van der Waals surface area contributed by atoms with Crippen molar-refractivity contribution in [3.63, 3.8) is 0 Å². The summed E-state index contributed by atoms with van der Waals surface area (Å²) in [5.74, 6) is 0.766. The Morgan fingerprint density at radius 2 is 2.11 bits per heavy atom. The molecule has 0 aliphatic heterocycles. The molecule has 0 spiro atoms. The average Bonchev–Trinajstić information content (AvgIpc) is 2.75. The van der Waals surface area contributed by atoms with Crippen LogP contribution in [0.1, 0.15) is 44.7 Å². The summed E-state index contributed by atoms with van der Waals surface area (Å²) in [5.41, 5.74) is 0.418. The summed E-state index contributed by atoms with van der Waals surface area (Å²) in [6, 6.07) is 3.49. The second-order valence-corrected chi connectivity index (χ2v) is 5.58. The predicted molar refractivity (Wildman–Crippen MR) is 69.3 cm³/mol. The summed E-state index contributed by atoms with van der Waals surface area (Å²) >= 11 is 0. The molecule has 18 heavy (non-hydrogen) atoms. The van der Waals surface area contributed by atoms with Crippen LogP contribution in [0, 0.1) is 23.5 Å². The molecule has 1 aromatic carbocycles. The number of halogens is 2. The molecule has 1 fully saturated rings. The van der Waals surface area contributed by atoms with Gasteiger partial charge in [-0.05, 0) is 56.3 Å². The van der Waals surface area contributed by atoms with Gasteiger partial charge in [-0.2, -0.15) is 0 Å². The summed E-state index contributed by atoms with van der Waals surface area (Å²) in [5, 5.41) is 3.32. The van der Waals surface area contributed by atoms with E-state index in [4.69, 9.17) is 0 Å². The fraction of sp³-hybridized carbons (Fsp3) is 0.600. The van der Waals surface area contributed by atoms with Crippen LogP contribution in [0.4, 0.5) is 8.78 Å². The Morgan fingerprint density at radius 1 is 1.33 bits per heavy atom. The van der Waals surface area contributed by atoms with Crippen molar-refractivity contribution in [3.8, 4) is 0 Å². The Labute approximate surface area is 108 Å².